The Morgan fingerprint density at radius 3 is 2.54 bits per heavy atom. The molecule has 0 aromatic heterocycles. The second-order valence-electron chi connectivity index (χ2n) is 4.99. The van der Waals surface area contributed by atoms with E-state index in [1.165, 1.54) is 36.4 Å². The van der Waals surface area contributed by atoms with Crippen LogP contribution in [0.25, 0.3) is 0 Å². The molecule has 0 saturated heterocycles. The number of benzene rings is 2. The Morgan fingerprint density at radius 2 is 1.92 bits per heavy atom. The van der Waals surface area contributed by atoms with Crippen LogP contribution in [0, 0.1) is 10.1 Å². The highest BCUT2D eigenvalue weighted by Crippen LogP contribution is 2.22. The highest BCUT2D eigenvalue weighted by Gasteiger charge is 2.21. The zero-order chi connectivity index (χ0) is 17.7. The molecule has 124 valence electrons. The molecular formula is C16H13ClN2O5. The Bertz CT molecular complexity index is 794. The first-order valence-electron chi connectivity index (χ1n) is 6.89. The topological polar surface area (TPSA) is 110 Å². The van der Waals surface area contributed by atoms with Crippen LogP contribution in [0.15, 0.2) is 48.5 Å². The molecule has 2 N–H and O–H groups in total. The molecule has 8 heteroatoms. The Morgan fingerprint density at radius 1 is 1.21 bits per heavy atom. The lowest BCUT2D eigenvalue weighted by Crippen LogP contribution is -2.30. The van der Waals surface area contributed by atoms with Gasteiger partial charge in [-0.15, -0.1) is 0 Å². The van der Waals surface area contributed by atoms with Crippen LogP contribution in [-0.4, -0.2) is 21.9 Å². The van der Waals surface area contributed by atoms with Crippen molar-refractivity contribution in [3.05, 3.63) is 74.8 Å². The number of carbonyl (C=O) groups is 2. The highest BCUT2D eigenvalue weighted by molar-refractivity contribution is 6.30. The smallest absolute Gasteiger partial charge is 0.305 e. The summed E-state index contributed by atoms with van der Waals surface area (Å²) in [6.07, 6.45) is -0.409. The van der Waals surface area contributed by atoms with E-state index in [0.717, 1.165) is 0 Å². The van der Waals surface area contributed by atoms with Gasteiger partial charge in [0, 0.05) is 22.7 Å². The van der Waals surface area contributed by atoms with Crippen molar-refractivity contribution in [2.75, 3.05) is 0 Å². The van der Waals surface area contributed by atoms with Crippen LogP contribution in [0.2, 0.25) is 5.02 Å². The number of nitrogens with zero attached hydrogens (tertiary/aromatic N) is 1. The molecule has 2 aromatic rings. The molecule has 0 saturated carbocycles. The van der Waals surface area contributed by atoms with Gasteiger partial charge in [-0.1, -0.05) is 29.8 Å². The van der Waals surface area contributed by atoms with Gasteiger partial charge in [0.15, 0.2) is 0 Å². The zero-order valence-corrected chi connectivity index (χ0v) is 13.1. The molecule has 1 atom stereocenters. The lowest BCUT2D eigenvalue weighted by Gasteiger charge is -2.17. The van der Waals surface area contributed by atoms with E-state index < -0.39 is 29.3 Å². The maximum atomic E-state index is 12.3. The number of nitrogens with one attached hydrogen (secondary N) is 1. The molecule has 0 spiro atoms. The Labute approximate surface area is 142 Å². The summed E-state index contributed by atoms with van der Waals surface area (Å²) in [5.74, 6) is -1.66. The summed E-state index contributed by atoms with van der Waals surface area (Å²) in [4.78, 5) is 33.6. The van der Waals surface area contributed by atoms with Crippen LogP contribution in [-0.2, 0) is 4.79 Å². The van der Waals surface area contributed by atoms with Crippen molar-refractivity contribution in [1.82, 2.24) is 5.32 Å². The number of carbonyl (C=O) groups excluding carboxylic acids is 1. The van der Waals surface area contributed by atoms with Crippen molar-refractivity contribution in [3.63, 3.8) is 0 Å². The summed E-state index contributed by atoms with van der Waals surface area (Å²) < 4.78 is 0. The first-order valence-corrected chi connectivity index (χ1v) is 7.27. The van der Waals surface area contributed by atoms with Crippen molar-refractivity contribution in [2.45, 2.75) is 12.5 Å². The van der Waals surface area contributed by atoms with Crippen LogP contribution in [0.5, 0.6) is 0 Å². The maximum Gasteiger partial charge on any atom is 0.305 e. The van der Waals surface area contributed by atoms with Crippen LogP contribution in [0.4, 0.5) is 5.69 Å². The van der Waals surface area contributed by atoms with Crippen molar-refractivity contribution in [2.24, 2.45) is 0 Å². The van der Waals surface area contributed by atoms with Crippen molar-refractivity contribution in [3.8, 4) is 0 Å². The van der Waals surface area contributed by atoms with E-state index in [2.05, 4.69) is 5.32 Å². The minimum absolute atomic E-state index is 0.181. The quantitative estimate of drug-likeness (QED) is 0.615. The highest BCUT2D eigenvalue weighted by atomic mass is 35.5. The molecule has 2 rings (SSSR count). The lowest BCUT2D eigenvalue weighted by atomic mass is 10.0. The van der Waals surface area contributed by atoms with Crippen molar-refractivity contribution >= 4 is 29.2 Å². The summed E-state index contributed by atoms with van der Waals surface area (Å²) in [5, 5.41) is 22.9. The molecule has 0 aliphatic carbocycles. The van der Waals surface area contributed by atoms with Gasteiger partial charge in [0.1, 0.15) is 0 Å². The molecule has 0 bridgehead atoms. The Hall–Kier alpha value is -2.93. The first kappa shape index (κ1) is 17.4. The van der Waals surface area contributed by atoms with E-state index in [-0.39, 0.29) is 11.3 Å². The molecule has 0 heterocycles. The van der Waals surface area contributed by atoms with Crippen LogP contribution < -0.4 is 5.32 Å². The molecule has 0 fully saturated rings. The number of non-ortho nitro benzene ring substituents is 1. The predicted molar refractivity (Wildman–Crippen MR) is 87.0 cm³/mol. The third-order valence-electron chi connectivity index (χ3n) is 3.25. The molecule has 0 aliphatic heterocycles. The number of rotatable bonds is 6. The summed E-state index contributed by atoms with van der Waals surface area (Å²) in [6.45, 7) is 0. The second kappa shape index (κ2) is 7.56. The number of carboxylic acid groups (broad SMARTS) is 1. The average Bonchev–Trinajstić information content (AvgIpc) is 2.54. The van der Waals surface area contributed by atoms with Gasteiger partial charge in [-0.3, -0.25) is 19.7 Å². The normalized spacial score (nSPS) is 11.5. The van der Waals surface area contributed by atoms with Crippen molar-refractivity contribution < 1.29 is 19.6 Å². The van der Waals surface area contributed by atoms with E-state index in [1.807, 2.05) is 0 Å². The van der Waals surface area contributed by atoms with E-state index >= 15 is 0 Å². The van der Waals surface area contributed by atoms with Gasteiger partial charge in [0.25, 0.3) is 11.6 Å². The van der Waals surface area contributed by atoms with Gasteiger partial charge in [0.2, 0.25) is 0 Å². The number of aliphatic carboxylic acids is 1. The third kappa shape index (κ3) is 4.53. The summed E-state index contributed by atoms with van der Waals surface area (Å²) in [6, 6.07) is 10.8. The summed E-state index contributed by atoms with van der Waals surface area (Å²) in [5.41, 5.74) is 0.421. The van der Waals surface area contributed by atoms with Gasteiger partial charge < -0.3 is 10.4 Å². The van der Waals surface area contributed by atoms with Crippen LogP contribution in [0.3, 0.4) is 0 Å². The fourth-order valence-electron chi connectivity index (χ4n) is 2.15. The number of hydrogen-bond donors (Lipinski definition) is 2. The Kier molecular flexibility index (Phi) is 5.49. The van der Waals surface area contributed by atoms with Crippen LogP contribution >= 0.6 is 11.6 Å². The number of carboxylic acids is 1. The van der Waals surface area contributed by atoms with Gasteiger partial charge in [-0.2, -0.15) is 0 Å². The molecular weight excluding hydrogens is 336 g/mol. The lowest BCUT2D eigenvalue weighted by molar-refractivity contribution is -0.384. The number of hydrogen-bond acceptors (Lipinski definition) is 4. The second-order valence-corrected chi connectivity index (χ2v) is 5.42. The number of nitro groups is 1. The third-order valence-corrected chi connectivity index (χ3v) is 3.49. The van der Waals surface area contributed by atoms with Crippen LogP contribution in [0.1, 0.15) is 28.4 Å². The fourth-order valence-corrected chi connectivity index (χ4v) is 2.34. The largest absolute Gasteiger partial charge is 0.481 e. The number of amides is 1. The van der Waals surface area contributed by atoms with Gasteiger partial charge in [-0.05, 0) is 23.8 Å². The molecule has 1 amide bonds. The monoisotopic (exact) mass is 348 g/mol. The SMILES string of the molecule is O=C(O)CC(NC(=O)c1cccc(Cl)c1)c1cccc([N+](=O)[O-])c1. The molecule has 1 unspecified atom stereocenters. The summed E-state index contributed by atoms with van der Waals surface area (Å²) in [7, 11) is 0. The minimum Gasteiger partial charge on any atom is -0.481 e. The Balaban J connectivity index is 2.28. The first-order chi connectivity index (χ1) is 11.4. The van der Waals surface area contributed by atoms with Gasteiger partial charge >= 0.3 is 5.97 Å². The number of halogens is 1. The van der Waals surface area contributed by atoms with Crippen molar-refractivity contribution in [1.29, 1.82) is 0 Å². The van der Waals surface area contributed by atoms with E-state index in [9.17, 15) is 19.7 Å². The van der Waals surface area contributed by atoms with Gasteiger partial charge in [0.05, 0.1) is 17.4 Å². The van der Waals surface area contributed by atoms with E-state index in [0.29, 0.717) is 10.6 Å². The standard InChI is InChI=1S/C16H13ClN2O5/c17-12-5-1-4-11(7-12)16(22)18-14(9-15(20)21)10-3-2-6-13(8-10)19(23)24/h1-8,14H,9H2,(H,18,22)(H,20,21). The molecule has 0 aliphatic rings. The molecule has 0 radical (unpaired) electrons. The fraction of sp³-hybridized carbons (Fsp3) is 0.125. The zero-order valence-electron chi connectivity index (χ0n) is 12.3. The molecule has 7 nitrogen and oxygen atoms in total. The van der Waals surface area contributed by atoms with E-state index in [1.54, 1.807) is 12.1 Å². The minimum atomic E-state index is -1.14. The maximum absolute atomic E-state index is 12.3. The predicted octanol–water partition coefficient (Wildman–Crippen LogP) is 3.19. The molecule has 2 aromatic carbocycles. The van der Waals surface area contributed by atoms with Gasteiger partial charge in [-0.25, -0.2) is 0 Å². The van der Waals surface area contributed by atoms with E-state index in [4.69, 9.17) is 16.7 Å². The summed E-state index contributed by atoms with van der Waals surface area (Å²) >= 11 is 5.83. The number of nitro benzene ring substituents is 1. The molecule has 24 heavy (non-hydrogen) atoms. The average molecular weight is 349 g/mol.